The Morgan fingerprint density at radius 2 is 2.38 bits per heavy atom. The van der Waals surface area contributed by atoms with Gasteiger partial charge < -0.3 is 10.4 Å². The Morgan fingerprint density at radius 3 is 2.88 bits per heavy atom. The first-order valence-electron chi connectivity index (χ1n) is 4.67. The highest BCUT2D eigenvalue weighted by atomic mass is 32.2. The first-order chi connectivity index (χ1) is 7.60. The van der Waals surface area contributed by atoms with Crippen molar-refractivity contribution < 1.29 is 14.7 Å². The largest absolute Gasteiger partial charge is 0.479 e. The molecule has 0 aromatic carbocycles. The number of carbonyl (C=O) groups excluding carboxylic acids is 1. The number of amides is 1. The average Bonchev–Trinajstić information content (AvgIpc) is 2.68. The van der Waals surface area contributed by atoms with Crippen molar-refractivity contribution in [3.8, 4) is 6.07 Å². The number of carbonyl (C=O) groups is 2. The summed E-state index contributed by atoms with van der Waals surface area (Å²) < 4.78 is 0. The van der Waals surface area contributed by atoms with Gasteiger partial charge in [0.25, 0.3) is 0 Å². The fourth-order valence-corrected chi connectivity index (χ4v) is 3.15. The number of nitriles is 1. The second-order valence-corrected chi connectivity index (χ2v) is 5.48. The quantitative estimate of drug-likeness (QED) is 0.692. The number of aliphatic carboxylic acids is 1. The topological polar surface area (TPSA) is 90.2 Å². The van der Waals surface area contributed by atoms with Crippen molar-refractivity contribution in [2.75, 3.05) is 23.0 Å². The molecule has 1 heterocycles. The van der Waals surface area contributed by atoms with Gasteiger partial charge in [0.2, 0.25) is 5.91 Å². The fraction of sp³-hybridized carbons (Fsp3) is 0.667. The van der Waals surface area contributed by atoms with Gasteiger partial charge in [-0.1, -0.05) is 0 Å². The van der Waals surface area contributed by atoms with Gasteiger partial charge in [0.15, 0.2) is 0 Å². The highest BCUT2D eigenvalue weighted by Crippen LogP contribution is 2.28. The maximum Gasteiger partial charge on any atom is 0.330 e. The van der Waals surface area contributed by atoms with Crippen LogP contribution in [0.25, 0.3) is 0 Å². The first kappa shape index (κ1) is 13.2. The summed E-state index contributed by atoms with van der Waals surface area (Å²) >= 11 is 2.71. The SMILES string of the molecule is N#CCSCC(=O)NC1(C(=O)O)CCSC1. The van der Waals surface area contributed by atoms with E-state index in [9.17, 15) is 9.59 Å². The molecule has 5 nitrogen and oxygen atoms in total. The molecule has 1 amide bonds. The molecule has 1 unspecified atom stereocenters. The minimum atomic E-state index is -1.10. The van der Waals surface area contributed by atoms with Crippen LogP contribution in [0.3, 0.4) is 0 Å². The maximum absolute atomic E-state index is 11.5. The first-order valence-corrected chi connectivity index (χ1v) is 6.98. The number of carboxylic acids is 1. The highest BCUT2D eigenvalue weighted by molar-refractivity contribution is 8.00. The van der Waals surface area contributed by atoms with Gasteiger partial charge in [-0.3, -0.25) is 4.79 Å². The van der Waals surface area contributed by atoms with Crippen LogP contribution in [0.15, 0.2) is 0 Å². The van der Waals surface area contributed by atoms with Crippen molar-refractivity contribution in [1.29, 1.82) is 5.26 Å². The van der Waals surface area contributed by atoms with Crippen molar-refractivity contribution in [1.82, 2.24) is 5.32 Å². The van der Waals surface area contributed by atoms with E-state index in [1.165, 1.54) is 23.5 Å². The number of rotatable bonds is 5. The summed E-state index contributed by atoms with van der Waals surface area (Å²) in [5.41, 5.74) is -1.10. The van der Waals surface area contributed by atoms with Crippen LogP contribution in [0.1, 0.15) is 6.42 Å². The zero-order valence-corrected chi connectivity index (χ0v) is 10.2. The summed E-state index contributed by atoms with van der Waals surface area (Å²) in [6.45, 7) is 0. The van der Waals surface area contributed by atoms with E-state index in [0.717, 1.165) is 5.75 Å². The van der Waals surface area contributed by atoms with Gasteiger partial charge in [-0.2, -0.15) is 17.0 Å². The lowest BCUT2D eigenvalue weighted by Crippen LogP contribution is -2.55. The molecule has 0 aromatic rings. The zero-order valence-electron chi connectivity index (χ0n) is 8.56. The minimum Gasteiger partial charge on any atom is -0.479 e. The molecule has 1 aliphatic heterocycles. The Kier molecular flexibility index (Phi) is 4.96. The number of carboxylic acid groups (broad SMARTS) is 1. The third-order valence-electron chi connectivity index (χ3n) is 2.21. The van der Waals surface area contributed by atoms with Gasteiger partial charge in [0.1, 0.15) is 5.54 Å². The third-order valence-corrected chi connectivity index (χ3v) is 4.20. The molecular weight excluding hydrogens is 248 g/mol. The highest BCUT2D eigenvalue weighted by Gasteiger charge is 2.43. The zero-order chi connectivity index (χ0) is 12.0. The molecule has 2 N–H and O–H groups in total. The normalized spacial score (nSPS) is 23.7. The molecule has 1 atom stereocenters. The van der Waals surface area contributed by atoms with Gasteiger partial charge in [-0.15, -0.1) is 11.8 Å². The number of thioether (sulfide) groups is 2. The number of hydrogen-bond acceptors (Lipinski definition) is 5. The second-order valence-electron chi connectivity index (χ2n) is 3.39. The van der Waals surface area contributed by atoms with Crippen LogP contribution in [0.2, 0.25) is 0 Å². The van der Waals surface area contributed by atoms with E-state index >= 15 is 0 Å². The molecule has 0 aromatic heterocycles. The van der Waals surface area contributed by atoms with Crippen molar-refractivity contribution in [2.45, 2.75) is 12.0 Å². The predicted molar refractivity (Wildman–Crippen MR) is 63.4 cm³/mol. The van der Waals surface area contributed by atoms with Crippen LogP contribution in [-0.4, -0.2) is 45.5 Å². The molecule has 0 radical (unpaired) electrons. The Hall–Kier alpha value is -0.870. The van der Waals surface area contributed by atoms with Gasteiger partial charge in [-0.25, -0.2) is 4.79 Å². The summed E-state index contributed by atoms with van der Waals surface area (Å²) in [6.07, 6.45) is 0.460. The van der Waals surface area contributed by atoms with Crippen LogP contribution in [-0.2, 0) is 9.59 Å². The van der Waals surface area contributed by atoms with Crippen molar-refractivity contribution >= 4 is 35.4 Å². The number of nitrogens with zero attached hydrogens (tertiary/aromatic N) is 1. The lowest BCUT2D eigenvalue weighted by Gasteiger charge is -2.24. The van der Waals surface area contributed by atoms with Crippen molar-refractivity contribution in [3.05, 3.63) is 0 Å². The van der Waals surface area contributed by atoms with E-state index < -0.39 is 11.5 Å². The van der Waals surface area contributed by atoms with Crippen molar-refractivity contribution in [2.24, 2.45) is 0 Å². The summed E-state index contributed by atoms with van der Waals surface area (Å²) in [6, 6.07) is 1.91. The molecule has 1 fully saturated rings. The molecule has 7 heteroatoms. The average molecular weight is 260 g/mol. The van der Waals surface area contributed by atoms with E-state index in [2.05, 4.69) is 5.32 Å². The van der Waals surface area contributed by atoms with E-state index in [4.69, 9.17) is 10.4 Å². The van der Waals surface area contributed by atoms with Gasteiger partial charge >= 0.3 is 5.97 Å². The summed E-state index contributed by atoms with van der Waals surface area (Å²) in [5.74, 6) is 0.242. The monoisotopic (exact) mass is 260 g/mol. The lowest BCUT2D eigenvalue weighted by molar-refractivity contribution is -0.146. The smallest absolute Gasteiger partial charge is 0.330 e. The minimum absolute atomic E-state index is 0.132. The van der Waals surface area contributed by atoms with E-state index in [0.29, 0.717) is 12.2 Å². The van der Waals surface area contributed by atoms with Crippen LogP contribution >= 0.6 is 23.5 Å². The van der Waals surface area contributed by atoms with Crippen LogP contribution in [0.5, 0.6) is 0 Å². The second kappa shape index (κ2) is 6.01. The molecule has 0 saturated carbocycles. The number of nitrogens with one attached hydrogen (secondary N) is 1. The van der Waals surface area contributed by atoms with Crippen LogP contribution in [0, 0.1) is 11.3 Å². The van der Waals surface area contributed by atoms with Crippen LogP contribution in [0.4, 0.5) is 0 Å². The van der Waals surface area contributed by atoms with Gasteiger partial charge in [-0.05, 0) is 12.2 Å². The third kappa shape index (κ3) is 3.32. The molecule has 1 saturated heterocycles. The van der Waals surface area contributed by atoms with E-state index in [-0.39, 0.29) is 17.4 Å². The van der Waals surface area contributed by atoms with E-state index in [1.54, 1.807) is 0 Å². The predicted octanol–water partition coefficient (Wildman–Crippen LogP) is 0.320. The molecule has 0 bridgehead atoms. The summed E-state index contributed by atoms with van der Waals surface area (Å²) in [4.78, 5) is 22.6. The maximum atomic E-state index is 11.5. The van der Waals surface area contributed by atoms with Crippen molar-refractivity contribution in [3.63, 3.8) is 0 Å². The standard InChI is InChI=1S/C9H12N2O3S2/c10-2-4-15-5-7(12)11-9(8(13)14)1-3-16-6-9/h1,3-6H2,(H,11,12)(H,13,14). The molecule has 1 aliphatic rings. The Balaban J connectivity index is 2.47. The Morgan fingerprint density at radius 1 is 1.62 bits per heavy atom. The molecule has 0 spiro atoms. The Bertz CT molecular complexity index is 321. The Labute approximate surface area is 102 Å². The number of hydrogen-bond donors (Lipinski definition) is 2. The summed E-state index contributed by atoms with van der Waals surface area (Å²) in [5, 5.41) is 20.0. The lowest BCUT2D eigenvalue weighted by atomic mass is 9.99. The van der Waals surface area contributed by atoms with Gasteiger partial charge in [0.05, 0.1) is 17.6 Å². The molecule has 88 valence electrons. The van der Waals surface area contributed by atoms with E-state index in [1.807, 2.05) is 6.07 Å². The fourth-order valence-electron chi connectivity index (χ4n) is 1.38. The van der Waals surface area contributed by atoms with Gasteiger partial charge in [0, 0.05) is 5.75 Å². The molecule has 0 aliphatic carbocycles. The molecule has 16 heavy (non-hydrogen) atoms. The molecular formula is C9H12N2O3S2. The van der Waals surface area contributed by atoms with Crippen LogP contribution < -0.4 is 5.32 Å². The summed E-state index contributed by atoms with van der Waals surface area (Å²) in [7, 11) is 0. The molecule has 1 rings (SSSR count).